The van der Waals surface area contributed by atoms with Crippen molar-refractivity contribution in [3.63, 3.8) is 0 Å². The summed E-state index contributed by atoms with van der Waals surface area (Å²) in [4.78, 5) is 13.7. The van der Waals surface area contributed by atoms with Gasteiger partial charge in [-0.3, -0.25) is 14.3 Å². The fraction of sp³-hybridized carbons (Fsp3) is 0.231. The number of amides is 1. The number of hydrogen-bond acceptors (Lipinski definition) is 3. The molecule has 2 aromatic rings. The number of benzene rings is 1. The molecule has 20 heavy (non-hydrogen) atoms. The van der Waals surface area contributed by atoms with Crippen LogP contribution in [0.2, 0.25) is 0 Å². The summed E-state index contributed by atoms with van der Waals surface area (Å²) in [5, 5.41) is 4.05. The van der Waals surface area contributed by atoms with Crippen molar-refractivity contribution in [1.82, 2.24) is 14.6 Å². The van der Waals surface area contributed by atoms with Crippen molar-refractivity contribution in [3.8, 4) is 5.88 Å². The summed E-state index contributed by atoms with van der Waals surface area (Å²) in [6, 6.07) is 6.44. The fourth-order valence-electron chi connectivity index (χ4n) is 1.81. The molecule has 1 heterocycles. The minimum Gasteiger partial charge on any atom is -0.472 e. The number of rotatable bonds is 5. The van der Waals surface area contributed by atoms with E-state index in [0.717, 1.165) is 0 Å². The predicted octanol–water partition coefficient (Wildman–Crippen LogP) is 2.35. The molecule has 0 bridgehead atoms. The minimum atomic E-state index is -0.690. The van der Waals surface area contributed by atoms with Crippen molar-refractivity contribution in [2.24, 2.45) is 7.05 Å². The number of aryl methyl sites for hydroxylation is 1. The zero-order valence-corrected chi connectivity index (χ0v) is 11.5. The van der Waals surface area contributed by atoms with Crippen molar-refractivity contribution in [2.75, 3.05) is 0 Å². The summed E-state index contributed by atoms with van der Waals surface area (Å²) in [7, 11) is 1.76. The van der Waals surface area contributed by atoms with Crippen LogP contribution in [0.25, 0.3) is 0 Å². The van der Waals surface area contributed by atoms with Gasteiger partial charge in [0.2, 0.25) is 5.88 Å². The molecule has 0 saturated heterocycles. The third kappa shape index (κ3) is 3.08. The second-order valence-corrected chi connectivity index (χ2v) is 4.31. The number of nitrogens with one attached hydrogen (secondary N) is 1. The Morgan fingerprint density at radius 3 is 2.90 bits per heavy atom. The molecule has 1 N–H and O–H groups in total. The molecule has 0 spiro atoms. The summed E-state index contributed by atoms with van der Waals surface area (Å²) in [5.41, 5.74) is 1.13. The minimum absolute atomic E-state index is 0.0384. The van der Waals surface area contributed by atoms with Gasteiger partial charge in [0, 0.05) is 42.2 Å². The van der Waals surface area contributed by atoms with Crippen molar-refractivity contribution in [1.29, 1.82) is 0 Å². The Labute approximate surface area is 120 Å². The Bertz CT molecular complexity index is 615. The van der Waals surface area contributed by atoms with E-state index in [1.54, 1.807) is 42.2 Å². The highest BCUT2D eigenvalue weighted by Crippen LogP contribution is 2.19. The lowest BCUT2D eigenvalue weighted by atomic mass is 10.0. The van der Waals surface area contributed by atoms with Gasteiger partial charge in [-0.05, 0) is 11.6 Å². The van der Waals surface area contributed by atoms with E-state index in [1.807, 2.05) is 4.84 Å². The monoisotopic (exact) mass is 297 g/mol. The van der Waals surface area contributed by atoms with E-state index < -0.39 is 12.6 Å². The van der Waals surface area contributed by atoms with Crippen LogP contribution in [-0.2, 0) is 20.3 Å². The number of ether oxygens (including phenoxy) is 1. The first-order chi connectivity index (χ1) is 9.65. The van der Waals surface area contributed by atoms with Crippen LogP contribution in [0, 0.1) is 0 Å². The number of nitrogens with zero attached hydrogens (tertiary/aromatic N) is 2. The van der Waals surface area contributed by atoms with Crippen LogP contribution < -0.4 is 9.57 Å². The van der Waals surface area contributed by atoms with Crippen LogP contribution >= 0.6 is 11.8 Å². The molecule has 0 atom stereocenters. The van der Waals surface area contributed by atoms with E-state index in [1.165, 1.54) is 0 Å². The molecule has 0 aliphatic rings. The summed E-state index contributed by atoms with van der Waals surface area (Å²) in [6.45, 7) is -0.652. The molecule has 0 aliphatic heterocycles. The number of alkyl halides is 1. The van der Waals surface area contributed by atoms with Gasteiger partial charge in [0.05, 0.1) is 0 Å². The maximum atomic E-state index is 13.0. The van der Waals surface area contributed by atoms with Gasteiger partial charge >= 0.3 is 0 Å². The third-order valence-electron chi connectivity index (χ3n) is 2.80. The van der Waals surface area contributed by atoms with Crippen LogP contribution in [0.1, 0.15) is 21.5 Å². The quantitative estimate of drug-likeness (QED) is 0.862. The number of carbonyl (C=O) groups excluding carboxylic acids is 1. The molecular weight excluding hydrogens is 285 g/mol. The molecule has 2 rings (SSSR count). The fourth-order valence-corrected chi connectivity index (χ4v) is 1.91. The van der Waals surface area contributed by atoms with Gasteiger partial charge in [0.15, 0.2) is 0 Å². The summed E-state index contributed by atoms with van der Waals surface area (Å²) in [5.74, 6) is -0.0972. The van der Waals surface area contributed by atoms with Crippen LogP contribution in [0.3, 0.4) is 0 Å². The van der Waals surface area contributed by atoms with E-state index in [2.05, 4.69) is 5.10 Å². The molecule has 1 aromatic heterocycles. The SMILES string of the molecule is Cn1ccc(OCc2c(CF)cccc2C(=O)NCl)n1. The molecule has 7 heteroatoms. The van der Waals surface area contributed by atoms with E-state index in [-0.39, 0.29) is 12.2 Å². The first-order valence-electron chi connectivity index (χ1n) is 5.86. The Morgan fingerprint density at radius 1 is 1.50 bits per heavy atom. The average molecular weight is 298 g/mol. The molecule has 0 radical (unpaired) electrons. The molecule has 1 amide bonds. The third-order valence-corrected chi connectivity index (χ3v) is 2.97. The van der Waals surface area contributed by atoms with E-state index in [9.17, 15) is 9.18 Å². The number of hydrogen-bond donors (Lipinski definition) is 1. The highest BCUT2D eigenvalue weighted by atomic mass is 35.5. The van der Waals surface area contributed by atoms with E-state index >= 15 is 0 Å². The smallest absolute Gasteiger partial charge is 0.266 e. The molecule has 106 valence electrons. The van der Waals surface area contributed by atoms with Gasteiger partial charge in [-0.25, -0.2) is 4.39 Å². The molecule has 0 saturated carbocycles. The number of halogens is 2. The Hall–Kier alpha value is -2.08. The Balaban J connectivity index is 2.26. The maximum Gasteiger partial charge on any atom is 0.266 e. The van der Waals surface area contributed by atoms with Gasteiger partial charge in [-0.2, -0.15) is 0 Å². The van der Waals surface area contributed by atoms with Crippen LogP contribution in [-0.4, -0.2) is 15.7 Å². The largest absolute Gasteiger partial charge is 0.472 e. The predicted molar refractivity (Wildman–Crippen MR) is 72.1 cm³/mol. The van der Waals surface area contributed by atoms with Crippen molar-refractivity contribution in [2.45, 2.75) is 13.3 Å². The van der Waals surface area contributed by atoms with Crippen LogP contribution in [0.15, 0.2) is 30.5 Å². The molecule has 0 unspecified atom stereocenters. The van der Waals surface area contributed by atoms with E-state index in [4.69, 9.17) is 16.5 Å². The molecule has 5 nitrogen and oxygen atoms in total. The van der Waals surface area contributed by atoms with Crippen LogP contribution in [0.4, 0.5) is 4.39 Å². The lowest BCUT2D eigenvalue weighted by molar-refractivity contribution is 0.0979. The first-order valence-corrected chi connectivity index (χ1v) is 6.23. The zero-order chi connectivity index (χ0) is 14.5. The van der Waals surface area contributed by atoms with Gasteiger partial charge in [0.1, 0.15) is 13.3 Å². The maximum absolute atomic E-state index is 13.0. The van der Waals surface area contributed by atoms with Gasteiger partial charge in [0.25, 0.3) is 5.91 Å². The highest BCUT2D eigenvalue weighted by Gasteiger charge is 2.15. The molecule has 0 fully saturated rings. The van der Waals surface area contributed by atoms with Gasteiger partial charge < -0.3 is 4.74 Å². The lowest BCUT2D eigenvalue weighted by Crippen LogP contribution is -2.17. The van der Waals surface area contributed by atoms with Crippen LogP contribution in [0.5, 0.6) is 5.88 Å². The van der Waals surface area contributed by atoms with Gasteiger partial charge in [-0.1, -0.05) is 12.1 Å². The molecule has 1 aromatic carbocycles. The standard InChI is InChI=1S/C13H13ClFN3O2/c1-18-6-5-12(17-18)20-8-11-9(7-15)3-2-4-10(11)13(19)16-14/h2-6H,7-8H2,1H3,(H,16,19). The second-order valence-electron chi connectivity index (χ2n) is 4.12. The Morgan fingerprint density at radius 2 is 2.30 bits per heavy atom. The first kappa shape index (κ1) is 14.3. The summed E-state index contributed by atoms with van der Waals surface area (Å²) < 4.78 is 20.1. The molecular formula is C13H13ClFN3O2. The topological polar surface area (TPSA) is 56.1 Å². The second kappa shape index (κ2) is 6.38. The zero-order valence-electron chi connectivity index (χ0n) is 10.8. The normalized spacial score (nSPS) is 10.3. The van der Waals surface area contributed by atoms with Crippen molar-refractivity contribution in [3.05, 3.63) is 47.2 Å². The van der Waals surface area contributed by atoms with Gasteiger partial charge in [-0.15, -0.1) is 5.10 Å². The van der Waals surface area contributed by atoms with Crippen molar-refractivity contribution >= 4 is 17.7 Å². The summed E-state index contributed by atoms with van der Waals surface area (Å²) >= 11 is 5.32. The summed E-state index contributed by atoms with van der Waals surface area (Å²) in [6.07, 6.45) is 1.72. The number of carbonyl (C=O) groups is 1. The van der Waals surface area contributed by atoms with Crippen molar-refractivity contribution < 1.29 is 13.9 Å². The average Bonchev–Trinajstić information content (AvgIpc) is 2.89. The highest BCUT2D eigenvalue weighted by molar-refractivity contribution is 6.24. The van der Waals surface area contributed by atoms with E-state index in [0.29, 0.717) is 17.0 Å². The molecule has 0 aliphatic carbocycles. The Kier molecular flexibility index (Phi) is 4.57. The lowest BCUT2D eigenvalue weighted by Gasteiger charge is -2.11. The number of aromatic nitrogens is 2.